The number of nitrogens with zero attached hydrogens (tertiary/aromatic N) is 2. The summed E-state index contributed by atoms with van der Waals surface area (Å²) in [5, 5.41) is 12.5. The van der Waals surface area contributed by atoms with Crippen molar-refractivity contribution in [1.82, 2.24) is 15.5 Å². The van der Waals surface area contributed by atoms with Gasteiger partial charge in [-0.3, -0.25) is 0 Å². The number of benzene rings is 1. The smallest absolute Gasteiger partial charge is 0.299 e. The van der Waals surface area contributed by atoms with Gasteiger partial charge in [0.2, 0.25) is 0 Å². The minimum Gasteiger partial charge on any atom is -0.430 e. The highest BCUT2D eigenvalue weighted by Crippen LogP contribution is 2.24. The van der Waals surface area contributed by atoms with E-state index >= 15 is 0 Å². The van der Waals surface area contributed by atoms with E-state index < -0.39 is 0 Å². The van der Waals surface area contributed by atoms with Crippen molar-refractivity contribution in [3.63, 3.8) is 0 Å². The van der Waals surface area contributed by atoms with Crippen LogP contribution in [0.15, 0.2) is 24.3 Å². The first-order chi connectivity index (χ1) is 8.63. The van der Waals surface area contributed by atoms with Gasteiger partial charge in [0.15, 0.2) is 0 Å². The summed E-state index contributed by atoms with van der Waals surface area (Å²) >= 11 is 1.37. The molecule has 0 amide bonds. The van der Waals surface area contributed by atoms with E-state index in [0.717, 1.165) is 5.01 Å². The van der Waals surface area contributed by atoms with Gasteiger partial charge in [-0.25, -0.2) is 4.39 Å². The molecule has 0 aliphatic heterocycles. The Bertz CT molecular complexity index is 498. The number of nitrogens with one attached hydrogen (secondary N) is 1. The van der Waals surface area contributed by atoms with Crippen LogP contribution in [0.3, 0.4) is 0 Å². The maximum absolute atomic E-state index is 12.7. The Balaban J connectivity index is 1.95. The fraction of sp³-hybridized carbons (Fsp3) is 0.333. The Kier molecular flexibility index (Phi) is 4.22. The zero-order chi connectivity index (χ0) is 13.0. The number of ether oxygens (including phenoxy) is 1. The van der Waals surface area contributed by atoms with Crippen molar-refractivity contribution < 1.29 is 9.13 Å². The molecular formula is C12H14FN3OS. The number of rotatable bonds is 5. The van der Waals surface area contributed by atoms with Gasteiger partial charge in [-0.15, -0.1) is 5.10 Å². The molecule has 0 radical (unpaired) electrons. The average molecular weight is 267 g/mol. The fourth-order valence-electron chi connectivity index (χ4n) is 1.25. The molecule has 2 rings (SSSR count). The molecular weight excluding hydrogens is 253 g/mol. The van der Waals surface area contributed by atoms with Crippen molar-refractivity contribution in [2.75, 3.05) is 0 Å². The Hall–Kier alpha value is -1.53. The second-order valence-corrected chi connectivity index (χ2v) is 5.08. The van der Waals surface area contributed by atoms with Crippen molar-refractivity contribution in [3.8, 4) is 10.9 Å². The second kappa shape index (κ2) is 5.88. The largest absolute Gasteiger partial charge is 0.430 e. The van der Waals surface area contributed by atoms with E-state index in [0.29, 0.717) is 23.5 Å². The van der Waals surface area contributed by atoms with Crippen molar-refractivity contribution in [2.45, 2.75) is 26.4 Å². The lowest BCUT2D eigenvalue weighted by Crippen LogP contribution is -2.21. The number of hydrogen-bond donors (Lipinski definition) is 1. The molecule has 0 fully saturated rings. The van der Waals surface area contributed by atoms with Crippen LogP contribution in [-0.4, -0.2) is 16.2 Å². The van der Waals surface area contributed by atoms with Gasteiger partial charge in [-0.2, -0.15) is 0 Å². The van der Waals surface area contributed by atoms with Crippen molar-refractivity contribution in [1.29, 1.82) is 0 Å². The lowest BCUT2D eigenvalue weighted by molar-refractivity contribution is 0.471. The second-order valence-electron chi connectivity index (χ2n) is 4.05. The average Bonchev–Trinajstić information content (AvgIpc) is 2.77. The maximum atomic E-state index is 12.7. The summed E-state index contributed by atoms with van der Waals surface area (Å²) in [4.78, 5) is 0. The highest BCUT2D eigenvalue weighted by atomic mass is 32.1. The molecule has 0 saturated heterocycles. The van der Waals surface area contributed by atoms with Gasteiger partial charge in [0.1, 0.15) is 16.6 Å². The van der Waals surface area contributed by atoms with Gasteiger partial charge in [0, 0.05) is 6.04 Å². The third kappa shape index (κ3) is 3.75. The van der Waals surface area contributed by atoms with Crippen molar-refractivity contribution in [3.05, 3.63) is 35.1 Å². The molecule has 1 heterocycles. The third-order valence-electron chi connectivity index (χ3n) is 2.13. The Morgan fingerprint density at radius 2 is 2.00 bits per heavy atom. The van der Waals surface area contributed by atoms with Crippen LogP contribution in [0, 0.1) is 5.82 Å². The normalized spacial score (nSPS) is 10.9. The summed E-state index contributed by atoms with van der Waals surface area (Å²) in [6, 6.07) is 6.20. The molecule has 0 aliphatic carbocycles. The van der Waals surface area contributed by atoms with E-state index in [-0.39, 0.29) is 5.82 Å². The number of hydrogen-bond acceptors (Lipinski definition) is 5. The van der Waals surface area contributed by atoms with E-state index in [1.807, 2.05) is 0 Å². The first kappa shape index (κ1) is 12.9. The van der Waals surface area contributed by atoms with E-state index in [4.69, 9.17) is 4.74 Å². The highest BCUT2D eigenvalue weighted by molar-refractivity contribution is 7.13. The molecule has 0 unspecified atom stereocenters. The van der Waals surface area contributed by atoms with Gasteiger partial charge in [-0.1, -0.05) is 30.3 Å². The van der Waals surface area contributed by atoms with Gasteiger partial charge >= 0.3 is 0 Å². The maximum Gasteiger partial charge on any atom is 0.299 e. The summed E-state index contributed by atoms with van der Waals surface area (Å²) in [5.74, 6) is 0.261. The monoisotopic (exact) mass is 267 g/mol. The molecule has 0 atom stereocenters. The molecule has 6 heteroatoms. The third-order valence-corrected chi connectivity index (χ3v) is 2.93. The molecule has 1 aromatic heterocycles. The Morgan fingerprint density at radius 3 is 2.67 bits per heavy atom. The van der Waals surface area contributed by atoms with Crippen LogP contribution in [0.2, 0.25) is 0 Å². The topological polar surface area (TPSA) is 47.0 Å². The standard InChI is InChI=1S/C12H14FN3OS/c1-8(2)14-7-11-15-16-12(18-11)17-10-5-3-9(13)4-6-10/h3-6,8,14H,7H2,1-2H3. The zero-order valence-corrected chi connectivity index (χ0v) is 11.0. The first-order valence-electron chi connectivity index (χ1n) is 5.62. The van der Waals surface area contributed by atoms with Crippen LogP contribution in [0.5, 0.6) is 10.9 Å². The summed E-state index contributed by atoms with van der Waals surface area (Å²) in [7, 11) is 0. The number of halogens is 1. The van der Waals surface area contributed by atoms with Crippen LogP contribution >= 0.6 is 11.3 Å². The van der Waals surface area contributed by atoms with Crippen LogP contribution in [-0.2, 0) is 6.54 Å². The molecule has 0 saturated carbocycles. The van der Waals surface area contributed by atoms with Gasteiger partial charge in [0.05, 0.1) is 6.54 Å². The number of aromatic nitrogens is 2. The van der Waals surface area contributed by atoms with Crippen LogP contribution in [0.4, 0.5) is 4.39 Å². The minimum atomic E-state index is -0.290. The highest BCUT2D eigenvalue weighted by Gasteiger charge is 2.06. The lowest BCUT2D eigenvalue weighted by Gasteiger charge is -2.03. The molecule has 1 aromatic carbocycles. The SMILES string of the molecule is CC(C)NCc1nnc(Oc2ccc(F)cc2)s1. The lowest BCUT2D eigenvalue weighted by atomic mass is 10.3. The predicted molar refractivity (Wildman–Crippen MR) is 68.4 cm³/mol. The van der Waals surface area contributed by atoms with Gasteiger partial charge in [-0.05, 0) is 24.3 Å². The molecule has 0 bridgehead atoms. The van der Waals surface area contributed by atoms with E-state index in [9.17, 15) is 4.39 Å². The summed E-state index contributed by atoms with van der Waals surface area (Å²) < 4.78 is 18.2. The fourth-order valence-corrected chi connectivity index (χ4v) is 1.90. The zero-order valence-electron chi connectivity index (χ0n) is 10.2. The molecule has 96 valence electrons. The molecule has 18 heavy (non-hydrogen) atoms. The quantitative estimate of drug-likeness (QED) is 0.904. The first-order valence-corrected chi connectivity index (χ1v) is 6.44. The molecule has 2 aromatic rings. The summed E-state index contributed by atoms with van der Waals surface area (Å²) in [5.41, 5.74) is 0. The summed E-state index contributed by atoms with van der Waals surface area (Å²) in [6.07, 6.45) is 0. The van der Waals surface area contributed by atoms with Crippen LogP contribution in [0.1, 0.15) is 18.9 Å². The predicted octanol–water partition coefficient (Wildman–Crippen LogP) is 2.97. The van der Waals surface area contributed by atoms with E-state index in [2.05, 4.69) is 29.4 Å². The summed E-state index contributed by atoms with van der Waals surface area (Å²) in [6.45, 7) is 4.80. The van der Waals surface area contributed by atoms with E-state index in [1.165, 1.54) is 23.5 Å². The Morgan fingerprint density at radius 1 is 1.28 bits per heavy atom. The van der Waals surface area contributed by atoms with Crippen LogP contribution < -0.4 is 10.1 Å². The van der Waals surface area contributed by atoms with Crippen molar-refractivity contribution >= 4 is 11.3 Å². The molecule has 0 spiro atoms. The molecule has 0 aliphatic rings. The van der Waals surface area contributed by atoms with Crippen molar-refractivity contribution in [2.24, 2.45) is 0 Å². The molecule has 4 nitrogen and oxygen atoms in total. The van der Waals surface area contributed by atoms with Crippen LogP contribution in [0.25, 0.3) is 0 Å². The molecule has 1 N–H and O–H groups in total. The Labute approximate surface area is 109 Å². The van der Waals surface area contributed by atoms with Gasteiger partial charge in [0.25, 0.3) is 5.19 Å². The van der Waals surface area contributed by atoms with E-state index in [1.54, 1.807) is 12.1 Å². The van der Waals surface area contributed by atoms with Gasteiger partial charge < -0.3 is 10.1 Å². The minimum absolute atomic E-state index is 0.290.